The van der Waals surface area contributed by atoms with Crippen molar-refractivity contribution in [3.05, 3.63) is 69.5 Å². The smallest absolute Gasteiger partial charge is 0.210 e. The van der Waals surface area contributed by atoms with E-state index in [2.05, 4.69) is 32.6 Å². The van der Waals surface area contributed by atoms with Crippen LogP contribution in [0, 0.1) is 17.7 Å². The van der Waals surface area contributed by atoms with Crippen LogP contribution in [0.3, 0.4) is 0 Å². The lowest BCUT2D eigenvalue weighted by Gasteiger charge is -2.35. The molecule has 8 nitrogen and oxygen atoms in total. The summed E-state index contributed by atoms with van der Waals surface area (Å²) in [7, 11) is 4.86. The van der Waals surface area contributed by atoms with Crippen LogP contribution in [0.15, 0.2) is 52.4 Å². The summed E-state index contributed by atoms with van der Waals surface area (Å²) < 4.78 is 43.9. The van der Waals surface area contributed by atoms with E-state index in [-0.39, 0.29) is 22.0 Å². The quantitative estimate of drug-likeness (QED) is 0.199. The first kappa shape index (κ1) is 35.6. The maximum absolute atomic E-state index is 14.3. The van der Waals surface area contributed by atoms with Crippen molar-refractivity contribution in [2.75, 3.05) is 46.0 Å². The van der Waals surface area contributed by atoms with Gasteiger partial charge in [-0.1, -0.05) is 69.1 Å². The average Bonchev–Trinajstić information content (AvgIpc) is 3.05. The minimum absolute atomic E-state index is 0.180. The number of methoxy groups -OCH3 is 3. The second kappa shape index (κ2) is 15.7. The summed E-state index contributed by atoms with van der Waals surface area (Å²) in [6, 6.07) is 11.7. The maximum atomic E-state index is 14.3. The van der Waals surface area contributed by atoms with E-state index in [1.807, 2.05) is 30.3 Å². The summed E-state index contributed by atoms with van der Waals surface area (Å²) >= 11 is 13.3. The van der Waals surface area contributed by atoms with E-state index in [1.54, 1.807) is 21.3 Å². The van der Waals surface area contributed by atoms with Crippen LogP contribution in [-0.4, -0.2) is 65.0 Å². The Morgan fingerprint density at radius 2 is 1.65 bits per heavy atom. The van der Waals surface area contributed by atoms with Gasteiger partial charge in [-0.25, -0.2) is 14.4 Å². The SMILES string of the molecule is COC1=N[C@@H](Cc2ccc(-c3c(Cl)cc(F)cc3Cl)c3c2OCCN3Cc2ccc(OC)c(OC)c2)C(OCCC(C)C)=N[C@@H]1C(C)C. The maximum Gasteiger partial charge on any atom is 0.210 e. The number of ether oxygens (including phenoxy) is 5. The molecule has 0 spiro atoms. The number of nitrogens with zero attached hydrogens (tertiary/aromatic N) is 3. The molecule has 2 heterocycles. The van der Waals surface area contributed by atoms with Crippen molar-refractivity contribution in [2.24, 2.45) is 21.8 Å². The Morgan fingerprint density at radius 1 is 0.917 bits per heavy atom. The number of rotatable bonds is 11. The third-order valence-corrected chi connectivity index (χ3v) is 9.12. The van der Waals surface area contributed by atoms with Crippen LogP contribution in [0.5, 0.6) is 17.2 Å². The predicted molar refractivity (Wildman–Crippen MR) is 191 cm³/mol. The van der Waals surface area contributed by atoms with E-state index in [0.29, 0.717) is 73.2 Å². The first-order valence-corrected chi connectivity index (χ1v) is 17.0. The molecular formula is C37H44Cl2FN3O5. The minimum Gasteiger partial charge on any atom is -0.493 e. The largest absolute Gasteiger partial charge is 0.493 e. The average molecular weight is 701 g/mol. The van der Waals surface area contributed by atoms with Crippen LogP contribution in [-0.2, 0) is 22.4 Å². The molecule has 0 saturated heterocycles. The van der Waals surface area contributed by atoms with Gasteiger partial charge >= 0.3 is 0 Å². The molecular weight excluding hydrogens is 656 g/mol. The molecule has 0 aromatic heterocycles. The molecule has 2 aliphatic heterocycles. The van der Waals surface area contributed by atoms with Gasteiger partial charge in [-0.2, -0.15) is 0 Å². The van der Waals surface area contributed by atoms with Crippen molar-refractivity contribution in [2.45, 2.75) is 59.2 Å². The molecule has 0 N–H and O–H groups in total. The minimum atomic E-state index is -0.509. The highest BCUT2D eigenvalue weighted by Gasteiger charge is 2.34. The van der Waals surface area contributed by atoms with Crippen LogP contribution in [0.4, 0.5) is 10.1 Å². The molecule has 0 unspecified atom stereocenters. The summed E-state index contributed by atoms with van der Waals surface area (Å²) in [6.45, 7) is 10.6. The second-order valence-electron chi connectivity index (χ2n) is 12.7. The Morgan fingerprint density at radius 3 is 2.29 bits per heavy atom. The van der Waals surface area contributed by atoms with Crippen molar-refractivity contribution in [1.82, 2.24) is 0 Å². The van der Waals surface area contributed by atoms with Crippen molar-refractivity contribution in [3.8, 4) is 28.4 Å². The zero-order valence-electron chi connectivity index (χ0n) is 28.6. The van der Waals surface area contributed by atoms with Gasteiger partial charge in [-0.05, 0) is 53.6 Å². The Kier molecular flexibility index (Phi) is 11.6. The molecule has 2 aliphatic rings. The monoisotopic (exact) mass is 699 g/mol. The number of hydrogen-bond acceptors (Lipinski definition) is 8. The van der Waals surface area contributed by atoms with Gasteiger partial charge < -0.3 is 28.6 Å². The van der Waals surface area contributed by atoms with Crippen molar-refractivity contribution in [1.29, 1.82) is 0 Å². The van der Waals surface area contributed by atoms with Gasteiger partial charge in [0.05, 0.1) is 50.2 Å². The normalized spacial score (nSPS) is 17.5. The fourth-order valence-corrected chi connectivity index (χ4v) is 6.69. The standard InChI is InChI=1S/C37H44Cl2FN3O5/c1-21(2)12-14-48-36-29(41-37(46-7)33(42-36)22(3)4)17-24-9-10-26(32-27(38)18-25(40)19-28(32)39)34-35(24)47-15-13-43(34)20-23-8-11-30(44-5)31(16-23)45-6/h8-11,16,18-19,21-22,29,33H,12-15,17,20H2,1-7H3/t29-,33+/m0/s1. The third-order valence-electron chi connectivity index (χ3n) is 8.52. The molecule has 0 saturated carbocycles. The van der Waals surface area contributed by atoms with Crippen LogP contribution >= 0.6 is 23.2 Å². The first-order chi connectivity index (χ1) is 23.0. The van der Waals surface area contributed by atoms with E-state index < -0.39 is 11.9 Å². The molecule has 0 radical (unpaired) electrons. The summed E-state index contributed by atoms with van der Waals surface area (Å²) in [6.07, 6.45) is 1.35. The van der Waals surface area contributed by atoms with Crippen molar-refractivity contribution >= 4 is 40.7 Å². The highest BCUT2D eigenvalue weighted by atomic mass is 35.5. The molecule has 0 fully saturated rings. The Labute approximate surface area is 292 Å². The lowest BCUT2D eigenvalue weighted by atomic mass is 9.94. The number of hydrogen-bond donors (Lipinski definition) is 0. The van der Waals surface area contributed by atoms with Gasteiger partial charge in [0.25, 0.3) is 0 Å². The number of aliphatic imine (C=N–C) groups is 2. The van der Waals surface area contributed by atoms with E-state index in [1.165, 1.54) is 12.1 Å². The van der Waals surface area contributed by atoms with Gasteiger partial charge in [0.1, 0.15) is 30.3 Å². The van der Waals surface area contributed by atoms with E-state index >= 15 is 0 Å². The highest BCUT2D eigenvalue weighted by Crippen LogP contribution is 2.48. The van der Waals surface area contributed by atoms with Gasteiger partial charge in [0, 0.05) is 24.1 Å². The fourth-order valence-electron chi connectivity index (χ4n) is 6.02. The van der Waals surface area contributed by atoms with Crippen molar-refractivity contribution in [3.63, 3.8) is 0 Å². The molecule has 48 heavy (non-hydrogen) atoms. The van der Waals surface area contributed by atoms with Crippen LogP contribution in [0.1, 0.15) is 45.2 Å². The van der Waals surface area contributed by atoms with Gasteiger partial charge in [-0.15, -0.1) is 0 Å². The van der Waals surface area contributed by atoms with Gasteiger partial charge in [0.15, 0.2) is 11.5 Å². The topological polar surface area (TPSA) is 74.1 Å². The lowest BCUT2D eigenvalue weighted by molar-refractivity contribution is 0.256. The number of halogens is 3. The Bertz CT molecular complexity index is 1660. The molecule has 3 aromatic rings. The molecule has 3 aromatic carbocycles. The second-order valence-corrected chi connectivity index (χ2v) is 13.5. The number of benzene rings is 3. The molecule has 2 atom stereocenters. The number of fused-ring (bicyclic) bond motifs is 1. The zero-order chi connectivity index (χ0) is 34.5. The zero-order valence-corrected chi connectivity index (χ0v) is 30.1. The first-order valence-electron chi connectivity index (χ1n) is 16.3. The van der Waals surface area contributed by atoms with E-state index in [0.717, 1.165) is 28.8 Å². The van der Waals surface area contributed by atoms with Crippen LogP contribution in [0.25, 0.3) is 11.1 Å². The summed E-state index contributed by atoms with van der Waals surface area (Å²) in [5, 5.41) is 0.418. The highest BCUT2D eigenvalue weighted by molar-refractivity contribution is 6.39. The molecule has 11 heteroatoms. The summed E-state index contributed by atoms with van der Waals surface area (Å²) in [5.41, 5.74) is 3.97. The third kappa shape index (κ3) is 7.78. The number of anilines is 1. The fraction of sp³-hybridized carbons (Fsp3) is 0.459. The molecule has 0 amide bonds. The molecule has 0 bridgehead atoms. The van der Waals surface area contributed by atoms with Crippen LogP contribution in [0.2, 0.25) is 10.0 Å². The van der Waals surface area contributed by atoms with Crippen molar-refractivity contribution < 1.29 is 28.1 Å². The van der Waals surface area contributed by atoms with Gasteiger partial charge in [-0.3, -0.25) is 0 Å². The lowest BCUT2D eigenvalue weighted by Crippen LogP contribution is -2.39. The van der Waals surface area contributed by atoms with Gasteiger partial charge in [0.2, 0.25) is 11.8 Å². The predicted octanol–water partition coefficient (Wildman–Crippen LogP) is 8.67. The molecule has 5 rings (SSSR count). The summed E-state index contributed by atoms with van der Waals surface area (Å²) in [5.74, 6) is 3.29. The van der Waals surface area contributed by atoms with E-state index in [9.17, 15) is 4.39 Å². The summed E-state index contributed by atoms with van der Waals surface area (Å²) in [4.78, 5) is 12.3. The van der Waals surface area contributed by atoms with Crippen LogP contribution < -0.4 is 19.1 Å². The Balaban J connectivity index is 1.60. The molecule has 0 aliphatic carbocycles. The Hall–Kier alpha value is -3.69. The molecule has 258 valence electrons. The van der Waals surface area contributed by atoms with E-state index in [4.69, 9.17) is 56.9 Å².